The fourth-order valence-electron chi connectivity index (χ4n) is 3.81. The second-order valence-electron chi connectivity index (χ2n) is 8.56. The third-order valence-corrected chi connectivity index (χ3v) is 9.46. The lowest BCUT2D eigenvalue weighted by Gasteiger charge is -2.37. The van der Waals surface area contributed by atoms with Gasteiger partial charge in [0.2, 0.25) is 5.85 Å². The minimum absolute atomic E-state index is 0.159. The van der Waals surface area contributed by atoms with Gasteiger partial charge in [-0.15, -0.1) is 0 Å². The van der Waals surface area contributed by atoms with Gasteiger partial charge in [-0.25, -0.2) is 4.67 Å². The predicted molar refractivity (Wildman–Crippen MR) is 133 cm³/mol. The molecular weight excluding hydrogens is 481 g/mol. The summed E-state index contributed by atoms with van der Waals surface area (Å²) < 4.78 is 50.2. The van der Waals surface area contributed by atoms with Crippen molar-refractivity contribution in [3.63, 3.8) is 0 Å². The molecule has 13 heteroatoms. The molecule has 34 heavy (non-hydrogen) atoms. The van der Waals surface area contributed by atoms with Crippen LogP contribution in [0.3, 0.4) is 0 Å². The van der Waals surface area contributed by atoms with Crippen molar-refractivity contribution in [2.24, 2.45) is 0 Å². The fourth-order valence-corrected chi connectivity index (χ4v) is 7.50. The van der Waals surface area contributed by atoms with E-state index in [1.54, 1.807) is 13.8 Å². The summed E-state index contributed by atoms with van der Waals surface area (Å²) in [5.41, 5.74) is 0. The molecule has 10 nitrogen and oxygen atoms in total. The molecule has 0 bridgehead atoms. The Balaban J connectivity index is 2.99. The van der Waals surface area contributed by atoms with Crippen LogP contribution in [0, 0.1) is 11.3 Å². The summed E-state index contributed by atoms with van der Waals surface area (Å²) in [6, 6.07) is 2.20. The Morgan fingerprint density at radius 2 is 1.82 bits per heavy atom. The second kappa shape index (κ2) is 15.5. The predicted octanol–water partition coefficient (Wildman–Crippen LogP) is 3.94. The normalized spacial score (nSPS) is 22.8. The minimum Gasteiger partial charge on any atom is -0.449 e. The summed E-state index contributed by atoms with van der Waals surface area (Å²) in [5, 5.41) is 8.91. The molecule has 0 aromatic rings. The molecule has 1 saturated heterocycles. The monoisotopic (exact) mass is 522 g/mol. The maximum Gasteiger partial charge on any atom is 0.371 e. The van der Waals surface area contributed by atoms with E-state index in [1.165, 1.54) is 6.92 Å². The molecule has 0 N–H and O–H groups in total. The maximum atomic E-state index is 13.3. The van der Waals surface area contributed by atoms with E-state index < -0.39 is 27.9 Å². The van der Waals surface area contributed by atoms with Crippen molar-refractivity contribution in [1.82, 2.24) is 4.67 Å². The number of nitriles is 1. The van der Waals surface area contributed by atoms with Crippen molar-refractivity contribution in [1.29, 1.82) is 5.26 Å². The average molecular weight is 522 g/mol. The van der Waals surface area contributed by atoms with Gasteiger partial charge in [-0.05, 0) is 41.5 Å². The van der Waals surface area contributed by atoms with Gasteiger partial charge >= 0.3 is 13.6 Å². The van der Waals surface area contributed by atoms with Gasteiger partial charge in [0, 0.05) is 31.8 Å². The summed E-state index contributed by atoms with van der Waals surface area (Å²) in [7, 11) is -3.20. The number of hydrogen-bond acceptors (Lipinski definition) is 10. The van der Waals surface area contributed by atoms with Crippen molar-refractivity contribution >= 4 is 29.9 Å². The highest BCUT2D eigenvalue weighted by Gasteiger charge is 2.44. The third-order valence-electron chi connectivity index (χ3n) is 5.05. The summed E-state index contributed by atoms with van der Waals surface area (Å²) >= 11 is 0. The zero-order valence-corrected chi connectivity index (χ0v) is 23.6. The Bertz CT molecular complexity index is 691. The van der Waals surface area contributed by atoms with Gasteiger partial charge in [0.1, 0.15) is 7.85 Å². The number of nitrogens with zero attached hydrogens (tertiary/aromatic N) is 2. The van der Waals surface area contributed by atoms with Crippen LogP contribution >= 0.6 is 16.1 Å². The highest BCUT2D eigenvalue weighted by atomic mass is 31.2. The molecular formula is C21H41BN2O8P2. The van der Waals surface area contributed by atoms with Gasteiger partial charge in [-0.3, -0.25) is 9.36 Å². The van der Waals surface area contributed by atoms with Crippen molar-refractivity contribution in [3.8, 4) is 6.07 Å². The van der Waals surface area contributed by atoms with Crippen LogP contribution < -0.4 is 0 Å². The van der Waals surface area contributed by atoms with Gasteiger partial charge in [-0.2, -0.15) is 5.26 Å². The van der Waals surface area contributed by atoms with Crippen LogP contribution in [-0.2, 0) is 36.9 Å². The maximum absolute atomic E-state index is 13.3. The third kappa shape index (κ3) is 9.83. The van der Waals surface area contributed by atoms with E-state index in [0.717, 1.165) is 0 Å². The summed E-state index contributed by atoms with van der Waals surface area (Å²) in [6.45, 7) is 13.6. The van der Waals surface area contributed by atoms with Gasteiger partial charge < -0.3 is 27.6 Å². The smallest absolute Gasteiger partial charge is 0.371 e. The van der Waals surface area contributed by atoms with Gasteiger partial charge in [0.15, 0.2) is 0 Å². The van der Waals surface area contributed by atoms with Gasteiger partial charge in [0.05, 0.1) is 50.5 Å². The molecule has 0 spiro atoms. The number of ether oxygens (including phenoxy) is 2. The quantitative estimate of drug-likeness (QED) is 0.128. The lowest BCUT2D eigenvalue weighted by atomic mass is 9.94. The molecule has 1 aliphatic rings. The molecule has 3 unspecified atom stereocenters. The van der Waals surface area contributed by atoms with Crippen LogP contribution in [0.2, 0.25) is 0 Å². The highest BCUT2D eigenvalue weighted by Crippen LogP contribution is 2.56. The first-order valence-corrected chi connectivity index (χ1v) is 14.7. The SMILES string of the molecule is B[C@@H]1O[C@H](CC(OC(C)=O)P(=O)(OCC)OCC)CC1OP(OCCC#N)N(C(C)C)C(C)C. The average Bonchev–Trinajstić information content (AvgIpc) is 3.06. The molecule has 5 atom stereocenters. The lowest BCUT2D eigenvalue weighted by Crippen LogP contribution is -2.36. The Kier molecular flexibility index (Phi) is 14.4. The zero-order valence-electron chi connectivity index (χ0n) is 21.8. The molecule has 1 rings (SSSR count). The standard InChI is InChI=1S/C21H41BN2O8P2/c1-8-28-34(26,29-9-2)20(30-17(7)25)14-18-13-19(21(22)31-18)32-33(27-12-10-11-23)24(15(3)4)16(5)6/h15-16,18-21H,8-10,12-14,22H2,1-7H3/t18-,19?,20?,21+,33?/m0/s1. The van der Waals surface area contributed by atoms with E-state index in [-0.39, 0.29) is 63.0 Å². The van der Waals surface area contributed by atoms with E-state index in [9.17, 15) is 9.36 Å². The minimum atomic E-state index is -3.69. The van der Waals surface area contributed by atoms with E-state index >= 15 is 0 Å². The molecule has 0 aromatic heterocycles. The number of esters is 1. The van der Waals surface area contributed by atoms with Crippen molar-refractivity contribution in [2.75, 3.05) is 19.8 Å². The Hall–Kier alpha value is -0.555. The molecule has 0 radical (unpaired) electrons. The fraction of sp³-hybridized carbons (Fsp3) is 0.905. The molecule has 1 fully saturated rings. The molecule has 1 heterocycles. The second-order valence-corrected chi connectivity index (χ2v) is 12.1. The Morgan fingerprint density at radius 1 is 1.24 bits per heavy atom. The van der Waals surface area contributed by atoms with E-state index in [4.69, 9.17) is 32.8 Å². The van der Waals surface area contributed by atoms with Crippen LogP contribution in [0.5, 0.6) is 0 Å². The van der Waals surface area contributed by atoms with Gasteiger partial charge in [0.25, 0.3) is 8.53 Å². The van der Waals surface area contributed by atoms with Crippen LogP contribution in [0.1, 0.15) is 67.7 Å². The summed E-state index contributed by atoms with van der Waals surface area (Å²) in [4.78, 5) is 11.7. The topological polar surface area (TPSA) is 117 Å². The first kappa shape index (κ1) is 31.5. The van der Waals surface area contributed by atoms with Crippen molar-refractivity contribution in [3.05, 3.63) is 0 Å². The first-order chi connectivity index (χ1) is 16.0. The molecule has 0 saturated carbocycles. The summed E-state index contributed by atoms with van der Waals surface area (Å²) in [6.07, 6.45) is 0.282. The van der Waals surface area contributed by atoms with E-state index in [0.29, 0.717) is 6.42 Å². The summed E-state index contributed by atoms with van der Waals surface area (Å²) in [5.74, 6) is -1.64. The van der Waals surface area contributed by atoms with Crippen LogP contribution in [0.25, 0.3) is 0 Å². The largest absolute Gasteiger partial charge is 0.449 e. The van der Waals surface area contributed by atoms with Crippen LogP contribution in [0.15, 0.2) is 0 Å². The van der Waals surface area contributed by atoms with Crippen LogP contribution in [-0.4, -0.2) is 74.4 Å². The molecule has 0 aromatic carbocycles. The number of hydrogen-bond donors (Lipinski definition) is 0. The molecule has 0 aliphatic carbocycles. The van der Waals surface area contributed by atoms with Crippen LogP contribution in [0.4, 0.5) is 0 Å². The highest BCUT2D eigenvalue weighted by molar-refractivity contribution is 7.54. The lowest BCUT2D eigenvalue weighted by molar-refractivity contribution is -0.144. The number of rotatable bonds is 16. The zero-order chi connectivity index (χ0) is 25.9. The van der Waals surface area contributed by atoms with E-state index in [1.807, 2.05) is 7.85 Å². The molecule has 196 valence electrons. The Labute approximate surface area is 206 Å². The van der Waals surface area contributed by atoms with Crippen molar-refractivity contribution < 1.29 is 36.9 Å². The molecule has 0 amide bonds. The van der Waals surface area contributed by atoms with Gasteiger partial charge in [-0.1, -0.05) is 0 Å². The first-order valence-electron chi connectivity index (χ1n) is 11.9. The Morgan fingerprint density at radius 3 is 2.29 bits per heavy atom. The number of carbonyl (C=O) groups is 1. The number of carbonyl (C=O) groups excluding carboxylic acids is 1. The van der Waals surface area contributed by atoms with E-state index in [2.05, 4.69) is 38.4 Å². The molecule has 1 aliphatic heterocycles. The van der Waals surface area contributed by atoms with Crippen molar-refractivity contribution in [2.45, 2.75) is 104 Å².